The van der Waals surface area contributed by atoms with Crippen molar-refractivity contribution < 1.29 is 5.11 Å². The fraction of sp³-hybridized carbons (Fsp3) is 0.300. The van der Waals surface area contributed by atoms with Gasteiger partial charge in [-0.15, -0.1) is 11.6 Å². The number of aromatic amines is 1. The van der Waals surface area contributed by atoms with Crippen LogP contribution in [-0.2, 0) is 13.0 Å². The lowest BCUT2D eigenvalue weighted by Gasteiger charge is -2.33. The Morgan fingerprint density at radius 2 is 1.82 bits per heavy atom. The Morgan fingerprint density at radius 1 is 1.14 bits per heavy atom. The van der Waals surface area contributed by atoms with Crippen LogP contribution in [0.25, 0.3) is 11.1 Å². The fourth-order valence-electron chi connectivity index (χ4n) is 3.41. The van der Waals surface area contributed by atoms with E-state index >= 15 is 0 Å². The molecule has 2 N–H and O–H groups in total. The zero-order valence-electron chi connectivity index (χ0n) is 14.8. The summed E-state index contributed by atoms with van der Waals surface area (Å²) in [6, 6.07) is 13.4. The molecule has 0 saturated heterocycles. The molecule has 1 aliphatic carbocycles. The minimum Gasteiger partial charge on any atom is -0.386 e. The quantitative estimate of drug-likeness (QED) is 0.373. The van der Waals surface area contributed by atoms with Crippen molar-refractivity contribution >= 4 is 47.0 Å². The zero-order chi connectivity index (χ0) is 19.9. The summed E-state index contributed by atoms with van der Waals surface area (Å²) >= 11 is 24.4. The second-order valence-corrected chi connectivity index (χ2v) is 9.18. The standard InChI is InChI=1S/C20H18Cl3N3OS/c21-16-5-3-13(4-6-16)14-1-2-15(17(22)9-14)10-20(27,19(23)7-8-19)11-26-18(28)24-12-25-26/h1-6,9,12,27H,7-8,10-11H2,(H,24,25,28). The van der Waals surface area contributed by atoms with Gasteiger partial charge in [0.2, 0.25) is 4.77 Å². The molecule has 1 aliphatic rings. The van der Waals surface area contributed by atoms with Gasteiger partial charge in [0.1, 0.15) is 11.9 Å². The predicted molar refractivity (Wildman–Crippen MR) is 116 cm³/mol. The Kier molecular flexibility index (Phi) is 5.31. The summed E-state index contributed by atoms with van der Waals surface area (Å²) in [5.41, 5.74) is 1.63. The van der Waals surface area contributed by atoms with Gasteiger partial charge in [0.25, 0.3) is 0 Å². The molecular weight excluding hydrogens is 437 g/mol. The van der Waals surface area contributed by atoms with E-state index in [0.717, 1.165) is 29.5 Å². The maximum Gasteiger partial charge on any atom is 0.215 e. The monoisotopic (exact) mass is 453 g/mol. The number of alkyl halides is 1. The van der Waals surface area contributed by atoms with Gasteiger partial charge in [0.15, 0.2) is 0 Å². The van der Waals surface area contributed by atoms with Gasteiger partial charge in [0, 0.05) is 16.5 Å². The Hall–Kier alpha value is -1.37. The molecule has 4 rings (SSSR count). The summed E-state index contributed by atoms with van der Waals surface area (Å²) in [6.45, 7) is 0.227. The van der Waals surface area contributed by atoms with Crippen LogP contribution < -0.4 is 0 Å². The van der Waals surface area contributed by atoms with Crippen LogP contribution in [0.4, 0.5) is 0 Å². The number of nitrogens with one attached hydrogen (secondary N) is 1. The number of benzene rings is 2. The zero-order valence-corrected chi connectivity index (χ0v) is 17.9. The summed E-state index contributed by atoms with van der Waals surface area (Å²) in [6.07, 6.45) is 3.31. The number of nitrogens with zero attached hydrogens (tertiary/aromatic N) is 2. The first kappa shape index (κ1) is 19.9. The van der Waals surface area contributed by atoms with Gasteiger partial charge in [-0.2, -0.15) is 0 Å². The minimum absolute atomic E-state index is 0.227. The number of rotatable bonds is 6. The summed E-state index contributed by atoms with van der Waals surface area (Å²) in [5, 5.41) is 15.7. The Bertz CT molecular complexity index is 1060. The first-order chi connectivity index (χ1) is 13.3. The van der Waals surface area contributed by atoms with Gasteiger partial charge in [0.05, 0.1) is 11.4 Å². The third kappa shape index (κ3) is 3.87. The van der Waals surface area contributed by atoms with E-state index in [0.29, 0.717) is 21.2 Å². The van der Waals surface area contributed by atoms with Crippen LogP contribution in [-0.4, -0.2) is 30.3 Å². The van der Waals surface area contributed by atoms with E-state index in [9.17, 15) is 5.11 Å². The van der Waals surface area contributed by atoms with Gasteiger partial charge >= 0.3 is 0 Å². The van der Waals surface area contributed by atoms with Crippen molar-refractivity contribution in [1.29, 1.82) is 0 Å². The van der Waals surface area contributed by atoms with Crippen molar-refractivity contribution in [3.8, 4) is 11.1 Å². The van der Waals surface area contributed by atoms with E-state index in [1.54, 1.807) is 4.68 Å². The van der Waals surface area contributed by atoms with E-state index in [2.05, 4.69) is 10.1 Å². The molecule has 4 nitrogen and oxygen atoms in total. The Morgan fingerprint density at radius 3 is 2.39 bits per heavy atom. The molecule has 146 valence electrons. The summed E-state index contributed by atoms with van der Waals surface area (Å²) in [5.74, 6) is 0. The molecule has 1 aromatic heterocycles. The highest BCUT2D eigenvalue weighted by Gasteiger charge is 2.58. The van der Waals surface area contributed by atoms with Crippen LogP contribution in [0, 0.1) is 4.77 Å². The van der Waals surface area contributed by atoms with Gasteiger partial charge in [-0.1, -0.05) is 47.5 Å². The molecule has 1 atom stereocenters. The number of aromatic nitrogens is 3. The molecule has 2 aromatic carbocycles. The Balaban J connectivity index is 1.63. The third-order valence-corrected chi connectivity index (χ3v) is 6.94. The lowest BCUT2D eigenvalue weighted by molar-refractivity contribution is 0.00728. The van der Waals surface area contributed by atoms with E-state index in [-0.39, 0.29) is 6.54 Å². The second-order valence-electron chi connectivity index (χ2n) is 7.24. The SMILES string of the molecule is OC(Cc1ccc(-c2ccc(Cl)cc2)cc1Cl)(Cn1[nH]cnc1=S)C1(Cl)CC1. The smallest absolute Gasteiger partial charge is 0.215 e. The topological polar surface area (TPSA) is 53.8 Å². The van der Waals surface area contributed by atoms with Crippen LogP contribution >= 0.6 is 47.0 Å². The highest BCUT2D eigenvalue weighted by Crippen LogP contribution is 2.53. The maximum absolute atomic E-state index is 11.5. The van der Waals surface area contributed by atoms with Crippen molar-refractivity contribution in [3.05, 3.63) is 69.2 Å². The molecule has 0 aliphatic heterocycles. The Labute approximate surface area is 183 Å². The highest BCUT2D eigenvalue weighted by molar-refractivity contribution is 7.71. The minimum atomic E-state index is -1.20. The molecular formula is C20H18Cl3N3OS. The number of halogens is 3. The van der Waals surface area contributed by atoms with E-state index in [1.807, 2.05) is 42.5 Å². The summed E-state index contributed by atoms with van der Waals surface area (Å²) < 4.78 is 2.01. The second kappa shape index (κ2) is 7.47. The lowest BCUT2D eigenvalue weighted by atomic mass is 9.88. The number of hydrogen-bond acceptors (Lipinski definition) is 3. The molecule has 1 unspecified atom stereocenters. The van der Waals surface area contributed by atoms with Gasteiger partial charge < -0.3 is 5.11 Å². The van der Waals surface area contributed by atoms with Gasteiger partial charge in [-0.3, -0.25) is 9.78 Å². The molecule has 0 radical (unpaired) electrons. The van der Waals surface area contributed by atoms with Crippen LogP contribution in [0.15, 0.2) is 48.8 Å². The number of H-pyrrole nitrogens is 1. The van der Waals surface area contributed by atoms with Crippen molar-refractivity contribution in [1.82, 2.24) is 14.8 Å². The normalized spacial score (nSPS) is 17.3. The van der Waals surface area contributed by atoms with Crippen LogP contribution in [0.2, 0.25) is 10.0 Å². The van der Waals surface area contributed by atoms with Gasteiger partial charge in [-0.25, -0.2) is 4.98 Å². The summed E-state index contributed by atoms with van der Waals surface area (Å²) in [7, 11) is 0. The molecule has 3 aromatic rings. The molecule has 28 heavy (non-hydrogen) atoms. The fourth-order valence-corrected chi connectivity index (χ4v) is 4.18. The number of hydrogen-bond donors (Lipinski definition) is 2. The maximum atomic E-state index is 11.5. The average Bonchev–Trinajstić information content (AvgIpc) is 3.31. The molecule has 0 spiro atoms. The molecule has 0 bridgehead atoms. The van der Waals surface area contributed by atoms with E-state index in [1.165, 1.54) is 6.33 Å². The molecule has 8 heteroatoms. The average molecular weight is 455 g/mol. The van der Waals surface area contributed by atoms with Crippen molar-refractivity contribution in [2.45, 2.75) is 36.3 Å². The van der Waals surface area contributed by atoms with Crippen LogP contribution in [0.3, 0.4) is 0 Å². The molecule has 1 heterocycles. The highest BCUT2D eigenvalue weighted by atomic mass is 35.5. The van der Waals surface area contributed by atoms with Crippen molar-refractivity contribution in [2.75, 3.05) is 0 Å². The van der Waals surface area contributed by atoms with Crippen LogP contribution in [0.5, 0.6) is 0 Å². The van der Waals surface area contributed by atoms with E-state index in [4.69, 9.17) is 47.0 Å². The molecule has 1 saturated carbocycles. The van der Waals surface area contributed by atoms with Crippen molar-refractivity contribution in [3.63, 3.8) is 0 Å². The first-order valence-electron chi connectivity index (χ1n) is 8.86. The van der Waals surface area contributed by atoms with E-state index < -0.39 is 10.5 Å². The van der Waals surface area contributed by atoms with Crippen molar-refractivity contribution in [2.24, 2.45) is 0 Å². The lowest BCUT2D eigenvalue weighted by Crippen LogP contribution is -2.47. The van der Waals surface area contributed by atoms with Crippen LogP contribution in [0.1, 0.15) is 18.4 Å². The third-order valence-electron chi connectivity index (χ3n) is 5.28. The first-order valence-corrected chi connectivity index (χ1v) is 10.4. The largest absolute Gasteiger partial charge is 0.386 e. The predicted octanol–water partition coefficient (Wildman–Crippen LogP) is 5.66. The molecule has 1 fully saturated rings. The molecule has 0 amide bonds. The number of aliphatic hydroxyl groups is 1. The van der Waals surface area contributed by atoms with Gasteiger partial charge in [-0.05, 0) is 59.9 Å². The summed E-state index contributed by atoms with van der Waals surface area (Å²) in [4.78, 5) is 3.32.